The largest absolute Gasteiger partial charge is 0.480 e. The molecular weight excluding hydrogens is 589 g/mol. The zero-order valence-corrected chi connectivity index (χ0v) is 25.0. The molecule has 5 aromatic carbocycles. The van der Waals surface area contributed by atoms with E-state index in [4.69, 9.17) is 4.42 Å². The van der Waals surface area contributed by atoms with Gasteiger partial charge in [-0.1, -0.05) is 97.1 Å². The van der Waals surface area contributed by atoms with Gasteiger partial charge in [0.15, 0.2) is 9.84 Å². The van der Waals surface area contributed by atoms with E-state index in [-0.39, 0.29) is 11.3 Å². The topological polar surface area (TPSA) is 96.6 Å². The van der Waals surface area contributed by atoms with E-state index >= 15 is 0 Å². The smallest absolute Gasteiger partial charge is 0.321 e. The Morgan fingerprint density at radius 3 is 2.07 bits per heavy atom. The molecule has 6 nitrogen and oxygen atoms in total. The zero-order chi connectivity index (χ0) is 31.4. The number of hydrogen-bond donors (Lipinski definition) is 2. The molecule has 0 saturated carbocycles. The second kappa shape index (κ2) is 12.9. The summed E-state index contributed by atoms with van der Waals surface area (Å²) in [6, 6.07) is 37.1. The lowest BCUT2D eigenvalue weighted by molar-refractivity contribution is -0.139. The molecule has 1 heterocycles. The molecule has 2 N–H and O–H groups in total. The van der Waals surface area contributed by atoms with Gasteiger partial charge in [-0.15, -0.1) is 0 Å². The number of rotatable bonds is 11. The maximum atomic E-state index is 13.5. The molecule has 1 atom stereocenters. The van der Waals surface area contributed by atoms with Crippen LogP contribution in [0.15, 0.2) is 137 Å². The van der Waals surface area contributed by atoms with E-state index < -0.39 is 33.5 Å². The van der Waals surface area contributed by atoms with E-state index in [1.54, 1.807) is 18.2 Å². The number of nitrogens with one attached hydrogen (secondary N) is 1. The fraction of sp³-hybridized carbons (Fsp3) is 0.108. The molecule has 0 aliphatic rings. The Morgan fingerprint density at radius 1 is 0.756 bits per heavy atom. The van der Waals surface area contributed by atoms with Crippen LogP contribution in [0.1, 0.15) is 16.9 Å². The van der Waals surface area contributed by atoms with Crippen LogP contribution in [0.5, 0.6) is 0 Å². The van der Waals surface area contributed by atoms with Gasteiger partial charge in [-0.25, -0.2) is 12.8 Å². The first kappa shape index (κ1) is 30.0. The molecule has 1 aromatic heterocycles. The summed E-state index contributed by atoms with van der Waals surface area (Å²) in [6.07, 6.45) is 0.606. The minimum absolute atomic E-state index is 0.0556. The van der Waals surface area contributed by atoms with Crippen molar-refractivity contribution in [1.82, 2.24) is 5.32 Å². The lowest BCUT2D eigenvalue weighted by Crippen LogP contribution is -2.41. The molecule has 0 amide bonds. The van der Waals surface area contributed by atoms with E-state index in [0.29, 0.717) is 12.0 Å². The molecule has 1 unspecified atom stereocenters. The molecule has 8 heteroatoms. The van der Waals surface area contributed by atoms with Crippen LogP contribution in [0, 0.1) is 5.82 Å². The first-order valence-corrected chi connectivity index (χ1v) is 16.1. The number of fused-ring (bicyclic) bond motifs is 1. The monoisotopic (exact) mass is 619 g/mol. The maximum absolute atomic E-state index is 13.5. The lowest BCUT2D eigenvalue weighted by Gasteiger charge is -2.15. The summed E-state index contributed by atoms with van der Waals surface area (Å²) in [4.78, 5) is 11.8. The van der Waals surface area contributed by atoms with Crippen molar-refractivity contribution in [2.24, 2.45) is 0 Å². The summed E-state index contributed by atoms with van der Waals surface area (Å²) < 4.78 is 45.9. The molecule has 0 radical (unpaired) electrons. The number of carboxylic acid groups (broad SMARTS) is 1. The molecule has 45 heavy (non-hydrogen) atoms. The number of sulfone groups is 1. The van der Waals surface area contributed by atoms with Gasteiger partial charge in [0.1, 0.15) is 29.1 Å². The minimum Gasteiger partial charge on any atom is -0.480 e. The van der Waals surface area contributed by atoms with Gasteiger partial charge in [0, 0.05) is 17.4 Å². The molecule has 0 aliphatic carbocycles. The van der Waals surface area contributed by atoms with Gasteiger partial charge in [-0.05, 0) is 64.6 Å². The molecule has 0 saturated heterocycles. The maximum Gasteiger partial charge on any atom is 0.321 e. The standard InChI is InChI=1S/C37H30FNO5S/c38-30-10-6-9-26(21-30)22-33(37(40)41)39-24-45(42,43)31-19-17-28(18-20-31)27-13-15-29(16-14-27)36-32-11-4-5-12-34(32)44-35(36)23-25-7-2-1-3-8-25/h1-21,33,39H,22-24H2,(H,40,41). The lowest BCUT2D eigenvalue weighted by atomic mass is 9.96. The highest BCUT2D eigenvalue weighted by molar-refractivity contribution is 7.91. The number of para-hydroxylation sites is 1. The summed E-state index contributed by atoms with van der Waals surface area (Å²) in [5.74, 6) is -1.39. The van der Waals surface area contributed by atoms with Crippen molar-refractivity contribution in [3.63, 3.8) is 0 Å². The van der Waals surface area contributed by atoms with Gasteiger partial charge in [-0.3, -0.25) is 10.1 Å². The number of aliphatic carboxylic acids is 1. The average Bonchev–Trinajstić information content (AvgIpc) is 3.41. The van der Waals surface area contributed by atoms with Crippen molar-refractivity contribution in [2.75, 3.05) is 5.88 Å². The van der Waals surface area contributed by atoms with Gasteiger partial charge in [0.2, 0.25) is 0 Å². The second-order valence-electron chi connectivity index (χ2n) is 10.8. The van der Waals surface area contributed by atoms with Crippen LogP contribution < -0.4 is 5.32 Å². The third-order valence-corrected chi connectivity index (χ3v) is 9.28. The van der Waals surface area contributed by atoms with Crippen LogP contribution in [0.4, 0.5) is 4.39 Å². The SMILES string of the molecule is O=C(O)C(Cc1cccc(F)c1)NCS(=O)(=O)c1ccc(-c2ccc(-c3c(Cc4ccccc4)oc4ccccc34)cc2)cc1. The third kappa shape index (κ3) is 6.87. The summed E-state index contributed by atoms with van der Waals surface area (Å²) >= 11 is 0. The highest BCUT2D eigenvalue weighted by atomic mass is 32.2. The van der Waals surface area contributed by atoms with Gasteiger partial charge in [0.25, 0.3) is 0 Å². The summed E-state index contributed by atoms with van der Waals surface area (Å²) in [5, 5.41) is 13.2. The van der Waals surface area contributed by atoms with Crippen molar-refractivity contribution < 1.29 is 27.1 Å². The average molecular weight is 620 g/mol. The van der Waals surface area contributed by atoms with Crippen molar-refractivity contribution in [3.8, 4) is 22.3 Å². The predicted molar refractivity (Wildman–Crippen MR) is 173 cm³/mol. The Bertz CT molecular complexity index is 2050. The Hall–Kier alpha value is -5.05. The Labute approximate surface area is 260 Å². The molecular formula is C37H30FNO5S. The van der Waals surface area contributed by atoms with E-state index in [2.05, 4.69) is 23.5 Å². The normalized spacial score (nSPS) is 12.3. The van der Waals surface area contributed by atoms with E-state index in [1.807, 2.05) is 60.7 Å². The fourth-order valence-electron chi connectivity index (χ4n) is 5.44. The van der Waals surface area contributed by atoms with Crippen LogP contribution >= 0.6 is 0 Å². The summed E-state index contributed by atoms with van der Waals surface area (Å²) in [5.41, 5.74) is 6.26. The summed E-state index contributed by atoms with van der Waals surface area (Å²) in [6.45, 7) is 0. The molecule has 0 bridgehead atoms. The van der Waals surface area contributed by atoms with Crippen LogP contribution in [-0.2, 0) is 27.5 Å². The van der Waals surface area contributed by atoms with Crippen molar-refractivity contribution in [2.45, 2.75) is 23.8 Å². The molecule has 226 valence electrons. The van der Waals surface area contributed by atoms with Crippen LogP contribution in [-0.4, -0.2) is 31.4 Å². The Kier molecular flexibility index (Phi) is 8.60. The molecule has 0 aliphatic heterocycles. The first-order valence-electron chi connectivity index (χ1n) is 14.5. The van der Waals surface area contributed by atoms with Gasteiger partial charge < -0.3 is 9.52 Å². The fourth-order valence-corrected chi connectivity index (χ4v) is 6.58. The van der Waals surface area contributed by atoms with Gasteiger partial charge in [-0.2, -0.15) is 0 Å². The molecule has 6 rings (SSSR count). The summed E-state index contributed by atoms with van der Waals surface area (Å²) in [7, 11) is -3.83. The molecule has 0 spiro atoms. The highest BCUT2D eigenvalue weighted by Gasteiger charge is 2.23. The second-order valence-corrected chi connectivity index (χ2v) is 12.8. The van der Waals surface area contributed by atoms with Gasteiger partial charge in [0.05, 0.1) is 4.90 Å². The first-order chi connectivity index (χ1) is 21.8. The molecule has 0 fully saturated rings. The van der Waals surface area contributed by atoms with Crippen molar-refractivity contribution in [1.29, 1.82) is 0 Å². The quantitative estimate of drug-likeness (QED) is 0.156. The molecule has 6 aromatic rings. The number of carbonyl (C=O) groups is 1. The van der Waals surface area contributed by atoms with E-state index in [9.17, 15) is 22.7 Å². The Morgan fingerprint density at radius 2 is 1.38 bits per heavy atom. The third-order valence-electron chi connectivity index (χ3n) is 7.74. The number of hydrogen-bond acceptors (Lipinski definition) is 5. The minimum atomic E-state index is -3.83. The van der Waals surface area contributed by atoms with Crippen LogP contribution in [0.25, 0.3) is 33.2 Å². The highest BCUT2D eigenvalue weighted by Crippen LogP contribution is 2.37. The van der Waals surface area contributed by atoms with Crippen molar-refractivity contribution >= 4 is 26.8 Å². The van der Waals surface area contributed by atoms with E-state index in [1.165, 1.54) is 30.3 Å². The predicted octanol–water partition coefficient (Wildman–Crippen LogP) is 7.51. The van der Waals surface area contributed by atoms with E-state index in [0.717, 1.165) is 44.5 Å². The number of benzene rings is 5. The number of carboxylic acids is 1. The number of halogens is 1. The van der Waals surface area contributed by atoms with Gasteiger partial charge >= 0.3 is 5.97 Å². The zero-order valence-electron chi connectivity index (χ0n) is 24.2. The van der Waals surface area contributed by atoms with Crippen LogP contribution in [0.3, 0.4) is 0 Å². The van der Waals surface area contributed by atoms with Crippen LogP contribution in [0.2, 0.25) is 0 Å². The number of furan rings is 1. The van der Waals surface area contributed by atoms with Crippen molar-refractivity contribution in [3.05, 3.63) is 150 Å². The Balaban J connectivity index is 1.18.